The molecule has 0 saturated heterocycles. The number of amides is 1. The Balaban J connectivity index is 1.23. The third-order valence-corrected chi connectivity index (χ3v) is 7.26. The Morgan fingerprint density at radius 1 is 1.00 bits per heavy atom. The molecule has 5 rings (SSSR count). The minimum absolute atomic E-state index is 0.0611. The summed E-state index contributed by atoms with van der Waals surface area (Å²) in [6.07, 6.45) is 0.518. The van der Waals surface area contributed by atoms with E-state index in [1.54, 1.807) is 24.3 Å². The van der Waals surface area contributed by atoms with Crippen LogP contribution in [0.1, 0.15) is 33.7 Å². The predicted molar refractivity (Wildman–Crippen MR) is 143 cm³/mol. The molecule has 1 aliphatic carbocycles. The second kappa shape index (κ2) is 10.3. The monoisotopic (exact) mass is 530 g/mol. The van der Waals surface area contributed by atoms with Gasteiger partial charge in [0.05, 0.1) is 17.7 Å². The van der Waals surface area contributed by atoms with E-state index < -0.39 is 11.5 Å². The molecule has 1 unspecified atom stereocenters. The molecule has 194 valence electrons. The van der Waals surface area contributed by atoms with Crippen LogP contribution in [0.25, 0.3) is 11.1 Å². The maximum absolute atomic E-state index is 13.0. The molecule has 1 aliphatic rings. The zero-order valence-corrected chi connectivity index (χ0v) is 21.8. The van der Waals surface area contributed by atoms with E-state index in [9.17, 15) is 14.7 Å². The largest absolute Gasteiger partial charge is 0.489 e. The lowest BCUT2D eigenvalue weighted by molar-refractivity contribution is -0.147. The Hall–Kier alpha value is -4.10. The molecule has 1 amide bonds. The molecular weight excluding hydrogens is 504 g/mol. The average molecular weight is 531 g/mol. The van der Waals surface area contributed by atoms with E-state index in [4.69, 9.17) is 20.9 Å². The molecule has 1 heterocycles. The summed E-state index contributed by atoms with van der Waals surface area (Å²) < 4.78 is 11.0. The van der Waals surface area contributed by atoms with Gasteiger partial charge in [0.15, 0.2) is 0 Å². The van der Waals surface area contributed by atoms with Gasteiger partial charge in [0.1, 0.15) is 23.7 Å². The average Bonchev–Trinajstić information content (AvgIpc) is 3.43. The predicted octanol–water partition coefficient (Wildman–Crippen LogP) is 5.47. The quantitative estimate of drug-likeness (QED) is 0.313. The summed E-state index contributed by atoms with van der Waals surface area (Å²) in [5.74, 6) is -0.0157. The highest BCUT2D eigenvalue weighted by molar-refractivity contribution is 6.30. The second-order valence-corrected chi connectivity index (χ2v) is 10.1. The summed E-state index contributed by atoms with van der Waals surface area (Å²) >= 11 is 6.01. The molecular formula is C30H27ClN2O5. The number of benzene rings is 3. The molecule has 1 aromatic heterocycles. The van der Waals surface area contributed by atoms with Gasteiger partial charge in [-0.05, 0) is 65.9 Å². The fourth-order valence-electron chi connectivity index (χ4n) is 4.85. The summed E-state index contributed by atoms with van der Waals surface area (Å²) in [5, 5.41) is 17.5. The molecule has 3 aromatic carbocycles. The highest BCUT2D eigenvalue weighted by Crippen LogP contribution is 2.34. The molecule has 0 saturated carbocycles. The minimum Gasteiger partial charge on any atom is -0.489 e. The minimum atomic E-state index is -1.38. The maximum atomic E-state index is 13.0. The molecule has 0 radical (unpaired) electrons. The first-order chi connectivity index (χ1) is 18.2. The number of aryl methyl sites for hydroxylation is 2. The Morgan fingerprint density at radius 2 is 1.68 bits per heavy atom. The number of nitrogens with zero attached hydrogens (tertiary/aromatic N) is 1. The van der Waals surface area contributed by atoms with Gasteiger partial charge in [-0.3, -0.25) is 4.79 Å². The maximum Gasteiger partial charge on any atom is 0.330 e. The van der Waals surface area contributed by atoms with Crippen molar-refractivity contribution >= 4 is 23.5 Å². The topological polar surface area (TPSA) is 102 Å². The van der Waals surface area contributed by atoms with Crippen LogP contribution in [0.5, 0.6) is 5.75 Å². The highest BCUT2D eigenvalue weighted by atomic mass is 35.5. The van der Waals surface area contributed by atoms with Gasteiger partial charge in [-0.25, -0.2) is 4.79 Å². The zero-order chi connectivity index (χ0) is 26.9. The molecule has 1 atom stereocenters. The number of halogens is 1. The van der Waals surface area contributed by atoms with Crippen LogP contribution in [0.15, 0.2) is 71.3 Å². The van der Waals surface area contributed by atoms with Crippen molar-refractivity contribution in [3.63, 3.8) is 0 Å². The molecule has 0 aliphatic heterocycles. The standard InChI is InChI=1S/C30H27ClN2O5/c1-18-27(19(2)38-33-18)17-37-26-11-3-20(4-12-26)13-28(34)32-30(29(35)36)15-23-6-5-22(14-24(23)16-30)21-7-9-25(31)10-8-21/h3-12,14H,13,15-17H2,1-2H3,(H,32,34)(H,35,36). The number of hydrogen-bond acceptors (Lipinski definition) is 5. The van der Waals surface area contributed by atoms with Crippen molar-refractivity contribution in [3.8, 4) is 16.9 Å². The van der Waals surface area contributed by atoms with E-state index >= 15 is 0 Å². The number of carboxylic acid groups (broad SMARTS) is 1. The number of fused-ring (bicyclic) bond motifs is 1. The fourth-order valence-corrected chi connectivity index (χ4v) is 4.98. The number of hydrogen-bond donors (Lipinski definition) is 2. The Bertz CT molecular complexity index is 1470. The van der Waals surface area contributed by atoms with Gasteiger partial charge in [-0.15, -0.1) is 0 Å². The SMILES string of the molecule is Cc1noc(C)c1COc1ccc(CC(=O)NC2(C(=O)O)Cc3ccc(-c4ccc(Cl)cc4)cc3C2)cc1. The number of rotatable bonds is 8. The van der Waals surface area contributed by atoms with Crippen molar-refractivity contribution in [2.45, 2.75) is 45.3 Å². The smallest absolute Gasteiger partial charge is 0.330 e. The normalized spacial score (nSPS) is 16.2. The molecule has 4 aromatic rings. The molecule has 0 bridgehead atoms. The highest BCUT2D eigenvalue weighted by Gasteiger charge is 2.45. The van der Waals surface area contributed by atoms with Gasteiger partial charge in [-0.2, -0.15) is 0 Å². The van der Waals surface area contributed by atoms with E-state index in [-0.39, 0.29) is 25.2 Å². The lowest BCUT2D eigenvalue weighted by Gasteiger charge is -2.25. The van der Waals surface area contributed by atoms with Gasteiger partial charge in [0.2, 0.25) is 5.91 Å². The van der Waals surface area contributed by atoms with Crippen molar-refractivity contribution < 1.29 is 24.0 Å². The summed E-state index contributed by atoms with van der Waals surface area (Å²) in [7, 11) is 0. The first-order valence-electron chi connectivity index (χ1n) is 12.3. The number of aliphatic carboxylic acids is 1. The van der Waals surface area contributed by atoms with Crippen molar-refractivity contribution in [2.75, 3.05) is 0 Å². The van der Waals surface area contributed by atoms with Crippen molar-refractivity contribution in [1.29, 1.82) is 0 Å². The van der Waals surface area contributed by atoms with Crippen LogP contribution < -0.4 is 10.1 Å². The van der Waals surface area contributed by atoms with Crippen molar-refractivity contribution in [2.24, 2.45) is 0 Å². The fraction of sp³-hybridized carbons (Fsp3) is 0.233. The third kappa shape index (κ3) is 5.29. The number of aromatic nitrogens is 1. The lowest BCUT2D eigenvalue weighted by atomic mass is 9.95. The summed E-state index contributed by atoms with van der Waals surface area (Å²) in [6.45, 7) is 4.04. The number of ether oxygens (including phenoxy) is 1. The number of carbonyl (C=O) groups excluding carboxylic acids is 1. The zero-order valence-electron chi connectivity index (χ0n) is 21.1. The summed E-state index contributed by atoms with van der Waals surface area (Å²) in [5.41, 5.74) is 4.88. The van der Waals surface area contributed by atoms with Crippen LogP contribution in [0, 0.1) is 13.8 Å². The Labute approximate surface area is 225 Å². The van der Waals surface area contributed by atoms with Crippen molar-refractivity contribution in [3.05, 3.63) is 105 Å². The molecule has 38 heavy (non-hydrogen) atoms. The summed E-state index contributed by atoms with van der Waals surface area (Å²) in [6, 6.07) is 20.6. The van der Waals surface area contributed by atoms with E-state index in [0.29, 0.717) is 17.4 Å². The number of nitrogens with one attached hydrogen (secondary N) is 1. The first kappa shape index (κ1) is 25.5. The molecule has 2 N–H and O–H groups in total. The molecule has 8 heteroatoms. The van der Waals surface area contributed by atoms with Crippen LogP contribution in [-0.2, 0) is 35.5 Å². The van der Waals surface area contributed by atoms with E-state index in [1.807, 2.05) is 56.3 Å². The van der Waals surface area contributed by atoms with Gasteiger partial charge in [0.25, 0.3) is 0 Å². The van der Waals surface area contributed by atoms with E-state index in [1.165, 1.54) is 0 Å². The lowest BCUT2D eigenvalue weighted by Crippen LogP contribution is -2.55. The van der Waals surface area contributed by atoms with Gasteiger partial charge >= 0.3 is 5.97 Å². The van der Waals surface area contributed by atoms with Crippen LogP contribution in [0.2, 0.25) is 5.02 Å². The van der Waals surface area contributed by atoms with Gasteiger partial charge in [0, 0.05) is 17.9 Å². The number of carbonyl (C=O) groups is 2. The van der Waals surface area contributed by atoms with Gasteiger partial charge in [-0.1, -0.05) is 59.2 Å². The van der Waals surface area contributed by atoms with Crippen molar-refractivity contribution in [1.82, 2.24) is 10.5 Å². The Morgan fingerprint density at radius 3 is 2.34 bits per heavy atom. The Kier molecular flexibility index (Phi) is 6.95. The number of carboxylic acids is 1. The molecule has 7 nitrogen and oxygen atoms in total. The first-order valence-corrected chi connectivity index (χ1v) is 12.7. The molecule has 0 fully saturated rings. The third-order valence-electron chi connectivity index (χ3n) is 7.01. The molecule has 0 spiro atoms. The van der Waals surface area contributed by atoms with Crippen LogP contribution in [-0.4, -0.2) is 27.7 Å². The summed E-state index contributed by atoms with van der Waals surface area (Å²) in [4.78, 5) is 25.3. The van der Waals surface area contributed by atoms with Gasteiger partial charge < -0.3 is 19.7 Å². The van der Waals surface area contributed by atoms with E-state index in [0.717, 1.165) is 44.8 Å². The van der Waals surface area contributed by atoms with Crippen LogP contribution in [0.4, 0.5) is 0 Å². The van der Waals surface area contributed by atoms with Crippen LogP contribution in [0.3, 0.4) is 0 Å². The van der Waals surface area contributed by atoms with E-state index in [2.05, 4.69) is 10.5 Å². The van der Waals surface area contributed by atoms with Crippen LogP contribution >= 0.6 is 11.6 Å². The second-order valence-electron chi connectivity index (χ2n) is 9.69.